The average Bonchev–Trinajstić information content (AvgIpc) is 3.34. The molecule has 0 unspecified atom stereocenters. The molecule has 0 aromatic heterocycles. The highest BCUT2D eigenvalue weighted by Gasteiger charge is 2.48. The van der Waals surface area contributed by atoms with Gasteiger partial charge in [-0.1, -0.05) is 66.2 Å². The lowest BCUT2D eigenvalue weighted by molar-refractivity contribution is -0.152. The Bertz CT molecular complexity index is 2840. The van der Waals surface area contributed by atoms with Crippen LogP contribution in [0, 0.1) is 5.92 Å². The molecule has 1 amide bonds. The molecule has 5 aromatic carbocycles. The van der Waals surface area contributed by atoms with Crippen molar-refractivity contribution in [3.05, 3.63) is 137 Å². The fourth-order valence-electron chi connectivity index (χ4n) is 7.77. The summed E-state index contributed by atoms with van der Waals surface area (Å²) in [7, 11) is -9.43. The number of likely N-dealkylation sites (N-methyl/N-ethyl adjacent to an activating group) is 1. The number of carbonyl (C=O) groups excluding carboxylic acids is 2. The molecular weight excluding hydrogens is 1010 g/mol. The van der Waals surface area contributed by atoms with E-state index in [2.05, 4.69) is 10.2 Å². The summed E-state index contributed by atoms with van der Waals surface area (Å²) in [5.74, 6) is -2.97. The number of sulfone groups is 1. The van der Waals surface area contributed by atoms with E-state index < -0.39 is 84.1 Å². The zero-order valence-corrected chi connectivity index (χ0v) is 41.5. The van der Waals surface area contributed by atoms with Crippen LogP contribution in [0.2, 0.25) is 5.02 Å². The van der Waals surface area contributed by atoms with E-state index in [1.807, 2.05) is 53.3 Å². The number of esters is 1. The second kappa shape index (κ2) is 24.6. The zero-order chi connectivity index (χ0) is 51.3. The number of aliphatic hydroxyl groups is 1. The van der Waals surface area contributed by atoms with Crippen molar-refractivity contribution in [3.8, 4) is 11.1 Å². The van der Waals surface area contributed by atoms with Gasteiger partial charge < -0.3 is 34.8 Å². The summed E-state index contributed by atoms with van der Waals surface area (Å²) in [5.41, 5.74) is -3.06. The third-order valence-electron chi connectivity index (χ3n) is 11.6. The lowest BCUT2D eigenvalue weighted by Crippen LogP contribution is -2.36. The van der Waals surface area contributed by atoms with Crippen LogP contribution in [0.1, 0.15) is 41.3 Å². The number of aliphatic hydroxyl groups excluding tert-OH is 1. The number of hydrogen-bond donors (Lipinski definition) is 4. The molecule has 2 atom stereocenters. The van der Waals surface area contributed by atoms with Crippen LogP contribution in [0.15, 0.2) is 136 Å². The first-order valence-electron chi connectivity index (χ1n) is 22.2. The molecule has 0 saturated carbocycles. The molecule has 1 heterocycles. The minimum absolute atomic E-state index is 0.0436. The fourth-order valence-corrected chi connectivity index (χ4v) is 10.9. The topological polar surface area (TPSA) is 209 Å². The van der Waals surface area contributed by atoms with Crippen molar-refractivity contribution in [2.45, 2.75) is 51.6 Å². The van der Waals surface area contributed by atoms with Crippen LogP contribution >= 0.6 is 23.4 Å². The Morgan fingerprint density at radius 3 is 2.20 bits per heavy atom. The van der Waals surface area contributed by atoms with E-state index in [9.17, 15) is 49.5 Å². The van der Waals surface area contributed by atoms with Gasteiger partial charge in [-0.25, -0.2) is 31.1 Å². The lowest BCUT2D eigenvalue weighted by atomic mass is 9.84. The van der Waals surface area contributed by atoms with Crippen LogP contribution in [0.25, 0.3) is 11.1 Å². The van der Waals surface area contributed by atoms with Gasteiger partial charge in [0.25, 0.3) is 25.8 Å². The number of nitrogens with one attached hydrogen (secondary N) is 2. The number of nitrogens with zero attached hydrogens (tertiary/aromatic N) is 2. The first-order chi connectivity index (χ1) is 33.7. The number of benzene rings is 5. The van der Waals surface area contributed by atoms with Gasteiger partial charge in [0.2, 0.25) is 0 Å². The van der Waals surface area contributed by atoms with Crippen LogP contribution in [0.3, 0.4) is 0 Å². The van der Waals surface area contributed by atoms with Crippen molar-refractivity contribution < 1.29 is 64.1 Å². The van der Waals surface area contributed by atoms with Crippen molar-refractivity contribution in [2.24, 2.45) is 5.92 Å². The summed E-state index contributed by atoms with van der Waals surface area (Å²) < 4.78 is 108. The number of rotatable bonds is 23. The number of hydrogen-bond acceptors (Lipinski definition) is 14. The molecule has 380 valence electrons. The Hall–Kier alpha value is -5.68. The predicted molar refractivity (Wildman–Crippen MR) is 264 cm³/mol. The number of ether oxygens (including phenoxy) is 2. The summed E-state index contributed by atoms with van der Waals surface area (Å²) in [6.45, 7) is 0.293. The zero-order valence-electron chi connectivity index (χ0n) is 38.3. The number of aliphatic carboxylic acids is 1. The summed E-state index contributed by atoms with van der Waals surface area (Å²) >= 11 is 7.43. The maximum Gasteiger partial charge on any atom is 0.501 e. The van der Waals surface area contributed by atoms with Crippen molar-refractivity contribution in [1.82, 2.24) is 9.62 Å². The molecule has 1 aliphatic heterocycles. The van der Waals surface area contributed by atoms with Crippen molar-refractivity contribution >= 4 is 72.4 Å². The largest absolute Gasteiger partial charge is 0.501 e. The van der Waals surface area contributed by atoms with Gasteiger partial charge >= 0.3 is 17.4 Å². The highest BCUT2D eigenvalue weighted by molar-refractivity contribution is 7.99. The first-order valence-corrected chi connectivity index (χ1v) is 26.5. The minimum atomic E-state index is -6.17. The number of carboxylic acid groups (broad SMARTS) is 1. The average molecular weight is 1060 g/mol. The molecule has 5 aromatic rings. The number of piperidine rings is 1. The van der Waals surface area contributed by atoms with Gasteiger partial charge in [-0.2, -0.15) is 13.2 Å². The number of sulfonamides is 1. The molecule has 1 aliphatic rings. The van der Waals surface area contributed by atoms with Gasteiger partial charge in [0.15, 0.2) is 0 Å². The molecular formula is C49H52ClF3N4O11S3. The van der Waals surface area contributed by atoms with E-state index in [-0.39, 0.29) is 43.4 Å². The highest BCUT2D eigenvalue weighted by atomic mass is 35.5. The van der Waals surface area contributed by atoms with E-state index in [0.717, 1.165) is 39.4 Å². The Balaban J connectivity index is 1.11. The second-order valence-corrected chi connectivity index (χ2v) is 21.7. The maximum absolute atomic E-state index is 14.2. The number of amides is 1. The summed E-state index contributed by atoms with van der Waals surface area (Å²) in [4.78, 5) is 38.2. The number of halogens is 4. The Morgan fingerprint density at radius 1 is 0.873 bits per heavy atom. The molecule has 0 aliphatic carbocycles. The van der Waals surface area contributed by atoms with E-state index in [4.69, 9.17) is 26.2 Å². The standard InChI is InChI=1S/C49H52ClF3N4O11S3/c1-56(27-28-68-46(60)31-67-30-45(58)59)24-23-37(32-69-39-7-3-2-4-8-39)54-43-20-19-40(29-44(43)70(63,64)49(51,52)53)71(65,66)55-48(62)35-13-17-38(18-14-35)57-25-21-34(22-26-57)47(61)42-10-6-5-9-41(42)33-11-15-36(50)16-12-33/h2-20,29,34,37,47,54,61H,21-28,30-32H2,1H3,(H,55,62)(H,58,59)/t37-,47-/m1/s1. The van der Waals surface area contributed by atoms with Gasteiger partial charge in [0, 0.05) is 52.6 Å². The van der Waals surface area contributed by atoms with Crippen molar-refractivity contribution in [3.63, 3.8) is 0 Å². The van der Waals surface area contributed by atoms with Gasteiger partial charge in [0.1, 0.15) is 24.7 Å². The molecule has 1 fully saturated rings. The molecule has 71 heavy (non-hydrogen) atoms. The fraction of sp³-hybridized carbons (Fsp3) is 0.327. The number of thioether (sulfide) groups is 1. The monoisotopic (exact) mass is 1060 g/mol. The molecule has 1 saturated heterocycles. The van der Waals surface area contributed by atoms with Crippen LogP contribution in [-0.4, -0.2) is 120 Å². The summed E-state index contributed by atoms with van der Waals surface area (Å²) in [6, 6.07) is 31.6. The first kappa shape index (κ1) is 54.6. The lowest BCUT2D eigenvalue weighted by Gasteiger charge is -2.36. The summed E-state index contributed by atoms with van der Waals surface area (Å²) in [5, 5.41) is 23.7. The van der Waals surface area contributed by atoms with Gasteiger partial charge in [-0.05, 0) is 122 Å². The Labute approximate surface area is 419 Å². The number of carboxylic acids is 1. The van der Waals surface area contributed by atoms with E-state index in [1.54, 1.807) is 54.4 Å². The molecule has 15 nitrogen and oxygen atoms in total. The molecule has 0 bridgehead atoms. The number of anilines is 2. The third-order valence-corrected chi connectivity index (χ3v) is 15.9. The van der Waals surface area contributed by atoms with Gasteiger partial charge in [0.05, 0.1) is 16.7 Å². The minimum Gasteiger partial charge on any atom is -0.480 e. The van der Waals surface area contributed by atoms with E-state index in [0.29, 0.717) is 37.0 Å². The van der Waals surface area contributed by atoms with Crippen molar-refractivity contribution in [1.29, 1.82) is 0 Å². The predicted octanol–water partition coefficient (Wildman–Crippen LogP) is 7.91. The maximum atomic E-state index is 14.2. The van der Waals surface area contributed by atoms with Crippen LogP contribution in [0.4, 0.5) is 24.5 Å². The molecule has 4 N–H and O–H groups in total. The molecule has 6 rings (SSSR count). The Morgan fingerprint density at radius 2 is 1.54 bits per heavy atom. The Kier molecular flexibility index (Phi) is 19.0. The highest BCUT2D eigenvalue weighted by Crippen LogP contribution is 2.39. The normalized spacial score (nSPS) is 14.4. The summed E-state index contributed by atoms with van der Waals surface area (Å²) in [6.07, 6.45) is 0.793. The molecule has 0 radical (unpaired) electrons. The quantitative estimate of drug-likeness (QED) is 0.0362. The van der Waals surface area contributed by atoms with E-state index >= 15 is 0 Å². The van der Waals surface area contributed by atoms with Crippen LogP contribution in [-0.2, 0) is 38.9 Å². The number of carbonyl (C=O) groups is 3. The van der Waals surface area contributed by atoms with Crippen molar-refractivity contribution in [2.75, 3.05) is 69.0 Å². The molecule has 0 spiro atoms. The van der Waals surface area contributed by atoms with Gasteiger partial charge in [-0.15, -0.1) is 11.8 Å². The SMILES string of the molecule is CN(CCOC(=O)COCC(=O)O)CC[C@H](CSc1ccccc1)Nc1ccc(S(=O)(=O)NC(=O)c2ccc(N3CCC([C@@H](O)c4ccccc4-c4ccc(Cl)cc4)CC3)cc2)cc1S(=O)(=O)C(F)(F)F. The third kappa shape index (κ3) is 15.2. The molecule has 22 heteroatoms. The second-order valence-electron chi connectivity index (χ2n) is 16.6. The van der Waals surface area contributed by atoms with Gasteiger partial charge in [-0.3, -0.25) is 4.79 Å². The smallest absolute Gasteiger partial charge is 0.480 e. The van der Waals surface area contributed by atoms with Crippen LogP contribution < -0.4 is 14.9 Å². The van der Waals surface area contributed by atoms with E-state index in [1.165, 1.54) is 23.9 Å². The van der Waals surface area contributed by atoms with Crippen LogP contribution in [0.5, 0.6) is 0 Å². The number of alkyl halides is 3.